The molecular formula is C13H20O. The van der Waals surface area contributed by atoms with Gasteiger partial charge in [0.1, 0.15) is 5.75 Å². The molecule has 0 radical (unpaired) electrons. The van der Waals surface area contributed by atoms with Gasteiger partial charge < -0.3 is 5.11 Å². The zero-order valence-corrected chi connectivity index (χ0v) is 9.59. The topological polar surface area (TPSA) is 20.2 Å². The predicted molar refractivity (Wildman–Crippen MR) is 60.8 cm³/mol. The molecule has 0 amide bonds. The highest BCUT2D eigenvalue weighted by molar-refractivity contribution is 5.43. The van der Waals surface area contributed by atoms with Crippen LogP contribution in [0.25, 0.3) is 0 Å². The number of hydrogen-bond donors (Lipinski definition) is 1. The number of hydrogen-bond acceptors (Lipinski definition) is 1. The predicted octanol–water partition coefficient (Wildman–Crippen LogP) is 3.78. The summed E-state index contributed by atoms with van der Waals surface area (Å²) in [7, 11) is 0. The average Bonchev–Trinajstić information content (AvgIpc) is 2.17. The van der Waals surface area contributed by atoms with Crippen LogP contribution in [-0.2, 0) is 5.41 Å². The molecular weight excluding hydrogens is 172 g/mol. The highest BCUT2D eigenvalue weighted by Gasteiger charge is 2.26. The fourth-order valence-corrected chi connectivity index (χ4v) is 2.04. The molecule has 0 spiro atoms. The summed E-state index contributed by atoms with van der Waals surface area (Å²) in [6.45, 7) is 8.64. The summed E-state index contributed by atoms with van der Waals surface area (Å²) in [6.07, 6.45) is 2.11. The third-order valence-electron chi connectivity index (χ3n) is 3.42. The van der Waals surface area contributed by atoms with Gasteiger partial charge in [-0.3, -0.25) is 0 Å². The monoisotopic (exact) mass is 192 g/mol. The number of aromatic hydroxyl groups is 1. The van der Waals surface area contributed by atoms with Crippen molar-refractivity contribution in [3.63, 3.8) is 0 Å². The number of phenolic OH excluding ortho intramolecular Hbond substituents is 1. The lowest BCUT2D eigenvalue weighted by Crippen LogP contribution is -2.20. The molecule has 1 heteroatoms. The minimum absolute atomic E-state index is 0.107. The van der Waals surface area contributed by atoms with Crippen LogP contribution < -0.4 is 0 Å². The first-order chi connectivity index (χ1) is 6.55. The maximum atomic E-state index is 9.89. The van der Waals surface area contributed by atoms with Gasteiger partial charge in [-0.1, -0.05) is 32.9 Å². The van der Waals surface area contributed by atoms with Crippen LogP contribution in [0.1, 0.15) is 44.7 Å². The van der Waals surface area contributed by atoms with Gasteiger partial charge in [0.15, 0.2) is 0 Å². The molecule has 0 aliphatic rings. The molecule has 1 aromatic rings. The molecule has 1 N–H and O–H groups in total. The molecule has 0 saturated heterocycles. The SMILES string of the molecule is CCC(C)(CC)c1c(C)cccc1O. The summed E-state index contributed by atoms with van der Waals surface area (Å²) in [5, 5.41) is 9.89. The molecule has 0 aliphatic carbocycles. The molecule has 0 saturated carbocycles. The van der Waals surface area contributed by atoms with Crippen molar-refractivity contribution >= 4 is 0 Å². The molecule has 1 nitrogen and oxygen atoms in total. The van der Waals surface area contributed by atoms with Gasteiger partial charge in [-0.2, -0.15) is 0 Å². The van der Waals surface area contributed by atoms with Gasteiger partial charge in [-0.15, -0.1) is 0 Å². The Kier molecular flexibility index (Phi) is 3.20. The largest absolute Gasteiger partial charge is 0.508 e. The van der Waals surface area contributed by atoms with Gasteiger partial charge in [0, 0.05) is 5.56 Å². The standard InChI is InChI=1S/C13H20O/c1-5-13(4,6-2)12-10(3)8-7-9-11(12)14/h7-9,14H,5-6H2,1-4H3. The average molecular weight is 192 g/mol. The van der Waals surface area contributed by atoms with E-state index in [-0.39, 0.29) is 5.41 Å². The summed E-state index contributed by atoms with van der Waals surface area (Å²) in [6, 6.07) is 5.75. The second-order valence-corrected chi connectivity index (χ2v) is 4.24. The van der Waals surface area contributed by atoms with E-state index >= 15 is 0 Å². The Labute approximate surface area is 86.8 Å². The Morgan fingerprint density at radius 1 is 1.21 bits per heavy atom. The van der Waals surface area contributed by atoms with E-state index in [9.17, 15) is 5.11 Å². The Balaban J connectivity index is 3.29. The number of phenols is 1. The zero-order valence-electron chi connectivity index (χ0n) is 9.59. The maximum absolute atomic E-state index is 9.89. The van der Waals surface area contributed by atoms with E-state index < -0.39 is 0 Å². The fourth-order valence-electron chi connectivity index (χ4n) is 2.04. The molecule has 0 aliphatic heterocycles. The summed E-state index contributed by atoms with van der Waals surface area (Å²) in [4.78, 5) is 0. The number of rotatable bonds is 3. The van der Waals surface area contributed by atoms with E-state index in [1.807, 2.05) is 6.07 Å². The second-order valence-electron chi connectivity index (χ2n) is 4.24. The van der Waals surface area contributed by atoms with Crippen LogP contribution in [0.15, 0.2) is 18.2 Å². The third-order valence-corrected chi connectivity index (χ3v) is 3.42. The van der Waals surface area contributed by atoms with Crippen molar-refractivity contribution in [1.82, 2.24) is 0 Å². The number of benzene rings is 1. The summed E-state index contributed by atoms with van der Waals surface area (Å²) in [5.74, 6) is 0.441. The van der Waals surface area contributed by atoms with E-state index in [0.29, 0.717) is 5.75 Å². The van der Waals surface area contributed by atoms with Crippen LogP contribution in [0.4, 0.5) is 0 Å². The van der Waals surface area contributed by atoms with Crippen LogP contribution in [-0.4, -0.2) is 5.11 Å². The molecule has 14 heavy (non-hydrogen) atoms. The van der Waals surface area contributed by atoms with Crippen molar-refractivity contribution in [2.24, 2.45) is 0 Å². The summed E-state index contributed by atoms with van der Waals surface area (Å²) in [5.41, 5.74) is 2.41. The molecule has 0 unspecified atom stereocenters. The van der Waals surface area contributed by atoms with Crippen LogP contribution in [0.2, 0.25) is 0 Å². The van der Waals surface area contributed by atoms with E-state index in [2.05, 4.69) is 33.8 Å². The zero-order chi connectivity index (χ0) is 10.8. The van der Waals surface area contributed by atoms with Crippen molar-refractivity contribution in [2.75, 3.05) is 0 Å². The van der Waals surface area contributed by atoms with Gasteiger partial charge in [-0.25, -0.2) is 0 Å². The minimum atomic E-state index is 0.107. The third kappa shape index (κ3) is 1.77. The maximum Gasteiger partial charge on any atom is 0.119 e. The Morgan fingerprint density at radius 3 is 2.21 bits per heavy atom. The van der Waals surface area contributed by atoms with Crippen molar-refractivity contribution in [3.8, 4) is 5.75 Å². The van der Waals surface area contributed by atoms with E-state index in [4.69, 9.17) is 0 Å². The highest BCUT2D eigenvalue weighted by atomic mass is 16.3. The Bertz CT molecular complexity index is 291. The normalized spacial score (nSPS) is 11.7. The van der Waals surface area contributed by atoms with Crippen molar-refractivity contribution in [3.05, 3.63) is 29.3 Å². The first-order valence-electron chi connectivity index (χ1n) is 5.34. The van der Waals surface area contributed by atoms with Gasteiger partial charge in [0.05, 0.1) is 0 Å². The lowest BCUT2D eigenvalue weighted by molar-refractivity contribution is 0.396. The van der Waals surface area contributed by atoms with Gasteiger partial charge in [0.25, 0.3) is 0 Å². The Hall–Kier alpha value is -0.980. The lowest BCUT2D eigenvalue weighted by atomic mass is 9.75. The minimum Gasteiger partial charge on any atom is -0.508 e. The van der Waals surface area contributed by atoms with Crippen molar-refractivity contribution < 1.29 is 5.11 Å². The molecule has 0 bridgehead atoms. The van der Waals surface area contributed by atoms with Gasteiger partial charge >= 0.3 is 0 Å². The van der Waals surface area contributed by atoms with E-state index in [1.165, 1.54) is 5.56 Å². The van der Waals surface area contributed by atoms with E-state index in [0.717, 1.165) is 18.4 Å². The number of aryl methyl sites for hydroxylation is 1. The summed E-state index contributed by atoms with van der Waals surface area (Å²) < 4.78 is 0. The smallest absolute Gasteiger partial charge is 0.119 e. The molecule has 0 atom stereocenters. The first kappa shape index (κ1) is 11.1. The Morgan fingerprint density at radius 2 is 1.79 bits per heavy atom. The first-order valence-corrected chi connectivity index (χ1v) is 5.34. The van der Waals surface area contributed by atoms with Gasteiger partial charge in [0.2, 0.25) is 0 Å². The van der Waals surface area contributed by atoms with Gasteiger partial charge in [-0.05, 0) is 36.8 Å². The summed E-state index contributed by atoms with van der Waals surface area (Å²) >= 11 is 0. The molecule has 0 fully saturated rings. The molecule has 0 aromatic heterocycles. The quantitative estimate of drug-likeness (QED) is 0.772. The van der Waals surface area contributed by atoms with Crippen LogP contribution in [0.3, 0.4) is 0 Å². The lowest BCUT2D eigenvalue weighted by Gasteiger charge is -2.29. The molecule has 1 aromatic carbocycles. The highest BCUT2D eigenvalue weighted by Crippen LogP contribution is 2.38. The van der Waals surface area contributed by atoms with Crippen molar-refractivity contribution in [1.29, 1.82) is 0 Å². The molecule has 78 valence electrons. The molecule has 0 heterocycles. The van der Waals surface area contributed by atoms with E-state index in [1.54, 1.807) is 6.07 Å². The molecule has 1 rings (SSSR count). The van der Waals surface area contributed by atoms with Crippen LogP contribution in [0, 0.1) is 6.92 Å². The fraction of sp³-hybridized carbons (Fsp3) is 0.538. The van der Waals surface area contributed by atoms with Crippen molar-refractivity contribution in [2.45, 2.75) is 46.0 Å². The van der Waals surface area contributed by atoms with Crippen LogP contribution >= 0.6 is 0 Å². The van der Waals surface area contributed by atoms with Crippen LogP contribution in [0.5, 0.6) is 5.75 Å². The second kappa shape index (κ2) is 4.04.